The summed E-state index contributed by atoms with van der Waals surface area (Å²) in [6.07, 6.45) is -1.05. The van der Waals surface area contributed by atoms with Crippen LogP contribution in [0.2, 0.25) is 0 Å². The predicted molar refractivity (Wildman–Crippen MR) is 118 cm³/mol. The molecule has 4 rings (SSSR count). The number of amides is 2. The van der Waals surface area contributed by atoms with Crippen molar-refractivity contribution in [2.24, 2.45) is 0 Å². The van der Waals surface area contributed by atoms with Gasteiger partial charge in [0.15, 0.2) is 5.16 Å². The number of hydrogen-bond donors (Lipinski definition) is 3. The summed E-state index contributed by atoms with van der Waals surface area (Å²) < 4.78 is 20.1. The minimum Gasteiger partial charge on any atom is -0.442 e. The normalized spacial score (nSPS) is 15.6. The molecule has 4 N–H and O–H groups in total. The molecule has 11 heteroatoms. The lowest BCUT2D eigenvalue weighted by atomic mass is 10.0. The average Bonchev–Trinajstić information content (AvgIpc) is 3.36. The van der Waals surface area contributed by atoms with Crippen LogP contribution in [0.1, 0.15) is 12.5 Å². The number of nitrogen functional groups attached to an aromatic ring is 1. The van der Waals surface area contributed by atoms with Crippen LogP contribution in [-0.4, -0.2) is 46.4 Å². The van der Waals surface area contributed by atoms with E-state index in [1.54, 1.807) is 12.1 Å². The van der Waals surface area contributed by atoms with Gasteiger partial charge < -0.3 is 20.8 Å². The zero-order valence-electron chi connectivity index (χ0n) is 17.2. The molecule has 0 spiro atoms. The van der Waals surface area contributed by atoms with Gasteiger partial charge in [0.05, 0.1) is 18.8 Å². The van der Waals surface area contributed by atoms with Crippen LogP contribution in [0.4, 0.5) is 20.8 Å². The summed E-state index contributed by atoms with van der Waals surface area (Å²) in [5.74, 6) is 0.279. The predicted octanol–water partition coefficient (Wildman–Crippen LogP) is 2.95. The summed E-state index contributed by atoms with van der Waals surface area (Å²) in [4.78, 5) is 27.4. The molecule has 1 aliphatic rings. The van der Waals surface area contributed by atoms with Gasteiger partial charge in [-0.2, -0.15) is 0 Å². The van der Waals surface area contributed by atoms with E-state index in [4.69, 9.17) is 10.5 Å². The number of ether oxygens (including phenoxy) is 1. The molecule has 9 nitrogen and oxygen atoms in total. The van der Waals surface area contributed by atoms with Crippen LogP contribution in [0.3, 0.4) is 0 Å². The molecule has 1 aliphatic heterocycles. The molecule has 1 aromatic heterocycles. The molecule has 1 fully saturated rings. The number of carbonyl (C=O) groups is 2. The molecule has 0 unspecified atom stereocenters. The summed E-state index contributed by atoms with van der Waals surface area (Å²) in [5.41, 5.74) is 8.11. The van der Waals surface area contributed by atoms with Crippen LogP contribution < -0.4 is 16.0 Å². The van der Waals surface area contributed by atoms with E-state index in [-0.39, 0.29) is 24.9 Å². The van der Waals surface area contributed by atoms with Crippen molar-refractivity contribution in [3.05, 3.63) is 53.8 Å². The number of nitrogens with zero attached hydrogens (tertiary/aromatic N) is 3. The van der Waals surface area contributed by atoms with E-state index in [1.807, 2.05) is 24.3 Å². The van der Waals surface area contributed by atoms with Crippen LogP contribution in [0, 0.1) is 5.82 Å². The maximum Gasteiger partial charge on any atom is 0.414 e. The number of nitrogens with one attached hydrogen (secondary N) is 2. The lowest BCUT2D eigenvalue weighted by molar-refractivity contribution is -0.119. The molecule has 0 bridgehead atoms. The first-order valence-corrected chi connectivity index (χ1v) is 10.8. The molecule has 32 heavy (non-hydrogen) atoms. The number of thioether (sulfide) groups is 1. The molecule has 2 heterocycles. The molecule has 1 atom stereocenters. The van der Waals surface area contributed by atoms with E-state index in [9.17, 15) is 14.0 Å². The lowest BCUT2D eigenvalue weighted by Gasteiger charge is -2.14. The number of aromatic amines is 1. The molecule has 3 aromatic rings. The fourth-order valence-electron chi connectivity index (χ4n) is 3.26. The Balaban J connectivity index is 1.41. The van der Waals surface area contributed by atoms with Crippen molar-refractivity contribution in [1.82, 2.24) is 20.5 Å². The van der Waals surface area contributed by atoms with Crippen LogP contribution in [0.15, 0.2) is 47.6 Å². The van der Waals surface area contributed by atoms with E-state index < -0.39 is 18.0 Å². The zero-order chi connectivity index (χ0) is 22.7. The Bertz CT molecular complexity index is 1140. The number of anilines is 2. The number of hydrogen-bond acceptors (Lipinski definition) is 7. The zero-order valence-corrected chi connectivity index (χ0v) is 18.0. The summed E-state index contributed by atoms with van der Waals surface area (Å²) >= 11 is 1.46. The highest BCUT2D eigenvalue weighted by atomic mass is 32.2. The number of cyclic esters (lactones) is 1. The number of H-pyrrole nitrogens is 1. The van der Waals surface area contributed by atoms with Gasteiger partial charge in [-0.1, -0.05) is 36.0 Å². The molecule has 1 saturated heterocycles. The summed E-state index contributed by atoms with van der Waals surface area (Å²) in [7, 11) is 0. The lowest BCUT2D eigenvalue weighted by Crippen LogP contribution is -2.33. The number of nitrogens with two attached hydrogens (primary N) is 1. The fraction of sp³-hybridized carbons (Fsp3) is 0.238. The highest BCUT2D eigenvalue weighted by Gasteiger charge is 2.32. The second kappa shape index (κ2) is 9.27. The monoisotopic (exact) mass is 456 g/mol. The summed E-state index contributed by atoms with van der Waals surface area (Å²) in [5, 5.41) is 10.9. The molecule has 0 radical (unpaired) electrons. The van der Waals surface area contributed by atoms with Crippen LogP contribution in [0.5, 0.6) is 0 Å². The van der Waals surface area contributed by atoms with Crippen molar-refractivity contribution < 1.29 is 18.7 Å². The Kier molecular flexibility index (Phi) is 6.26. The third kappa shape index (κ3) is 4.99. The van der Waals surface area contributed by atoms with Crippen LogP contribution >= 0.6 is 11.8 Å². The van der Waals surface area contributed by atoms with E-state index in [0.717, 1.165) is 11.1 Å². The molecule has 166 valence electrons. The van der Waals surface area contributed by atoms with Gasteiger partial charge in [-0.15, -0.1) is 10.2 Å². The maximum atomic E-state index is 14.9. The standard InChI is InChI=1S/C21H21FN6O3S/c1-12(29)24-9-16-10-28(21(30)31-16)15-6-7-17(18(22)8-15)14-4-2-13(3-5-14)11-32-20-25-19(23)26-27-20/h2-8,16H,9-11H2,1H3,(H,24,29)(H3,23,25,26,27)/t16-/m0/s1. The van der Waals surface area contributed by atoms with Crippen LogP contribution in [0.25, 0.3) is 11.1 Å². The molecule has 0 saturated carbocycles. The average molecular weight is 457 g/mol. The van der Waals surface area contributed by atoms with Gasteiger partial charge in [0, 0.05) is 18.2 Å². The molecule has 0 aliphatic carbocycles. The molecule has 2 amide bonds. The van der Waals surface area contributed by atoms with Gasteiger partial charge in [-0.3, -0.25) is 9.69 Å². The summed E-state index contributed by atoms with van der Waals surface area (Å²) in [6.45, 7) is 1.84. The van der Waals surface area contributed by atoms with Gasteiger partial charge in [0.2, 0.25) is 11.9 Å². The molecular formula is C21H21FN6O3S. The van der Waals surface area contributed by atoms with Crippen LogP contribution in [-0.2, 0) is 15.3 Å². The first kappa shape index (κ1) is 21.6. The first-order chi connectivity index (χ1) is 15.4. The smallest absolute Gasteiger partial charge is 0.414 e. The first-order valence-electron chi connectivity index (χ1n) is 9.81. The second-order valence-corrected chi connectivity index (χ2v) is 8.18. The number of carbonyl (C=O) groups excluding carboxylic acids is 2. The van der Waals surface area contributed by atoms with E-state index in [1.165, 1.54) is 29.7 Å². The Morgan fingerprint density at radius 3 is 2.75 bits per heavy atom. The van der Waals surface area contributed by atoms with Crippen molar-refractivity contribution >= 4 is 35.4 Å². The highest BCUT2D eigenvalue weighted by Crippen LogP contribution is 2.30. The molecule has 2 aromatic carbocycles. The van der Waals surface area contributed by atoms with Crippen molar-refractivity contribution in [2.45, 2.75) is 23.9 Å². The second-order valence-electron chi connectivity index (χ2n) is 7.22. The van der Waals surface area contributed by atoms with E-state index in [2.05, 4.69) is 20.5 Å². The number of rotatable bonds is 7. The molecular weight excluding hydrogens is 435 g/mol. The number of halogens is 1. The SMILES string of the molecule is CC(=O)NC[C@H]1CN(c2ccc(-c3ccc(CSc4nnc(N)[nH]4)cc3)c(F)c2)C(=O)O1. The van der Waals surface area contributed by atoms with E-state index >= 15 is 0 Å². The van der Waals surface area contributed by atoms with Gasteiger partial charge in [0.25, 0.3) is 0 Å². The maximum absolute atomic E-state index is 14.9. The minimum atomic E-state index is -0.567. The minimum absolute atomic E-state index is 0.206. The van der Waals surface area contributed by atoms with Gasteiger partial charge in [-0.25, -0.2) is 9.18 Å². The third-order valence-corrected chi connectivity index (χ3v) is 5.78. The van der Waals surface area contributed by atoms with E-state index in [0.29, 0.717) is 22.2 Å². The number of benzene rings is 2. The Labute approximate surface area is 187 Å². The van der Waals surface area contributed by atoms with Crippen molar-refractivity contribution in [3.63, 3.8) is 0 Å². The van der Waals surface area contributed by atoms with Crippen molar-refractivity contribution in [2.75, 3.05) is 23.7 Å². The van der Waals surface area contributed by atoms with Gasteiger partial charge in [0.1, 0.15) is 11.9 Å². The van der Waals surface area contributed by atoms with Gasteiger partial charge >= 0.3 is 6.09 Å². The third-order valence-electron chi connectivity index (χ3n) is 4.84. The highest BCUT2D eigenvalue weighted by molar-refractivity contribution is 7.98. The largest absolute Gasteiger partial charge is 0.442 e. The number of aromatic nitrogens is 3. The Morgan fingerprint density at radius 1 is 1.31 bits per heavy atom. The summed E-state index contributed by atoms with van der Waals surface area (Å²) in [6, 6.07) is 12.2. The topological polar surface area (TPSA) is 126 Å². The Morgan fingerprint density at radius 2 is 2.09 bits per heavy atom. The van der Waals surface area contributed by atoms with Gasteiger partial charge in [-0.05, 0) is 29.3 Å². The fourth-order valence-corrected chi connectivity index (χ4v) is 4.03. The van der Waals surface area contributed by atoms with Crippen molar-refractivity contribution in [3.8, 4) is 11.1 Å². The Hall–Kier alpha value is -3.60. The quantitative estimate of drug-likeness (QED) is 0.467. The van der Waals surface area contributed by atoms with Crippen molar-refractivity contribution in [1.29, 1.82) is 0 Å².